The lowest BCUT2D eigenvalue weighted by Gasteiger charge is -2.16. The van der Waals surface area contributed by atoms with Crippen LogP contribution in [0.25, 0.3) is 0 Å². The van der Waals surface area contributed by atoms with Gasteiger partial charge in [0.2, 0.25) is 5.91 Å². The van der Waals surface area contributed by atoms with Crippen molar-refractivity contribution in [2.45, 2.75) is 32.2 Å². The predicted molar refractivity (Wildman–Crippen MR) is 105 cm³/mol. The highest BCUT2D eigenvalue weighted by atomic mass is 16.5. The van der Waals surface area contributed by atoms with Crippen LogP contribution in [-0.4, -0.2) is 38.2 Å². The molecule has 2 heterocycles. The van der Waals surface area contributed by atoms with E-state index >= 15 is 0 Å². The van der Waals surface area contributed by atoms with Gasteiger partial charge in [-0.3, -0.25) is 4.79 Å². The van der Waals surface area contributed by atoms with E-state index in [0.29, 0.717) is 30.9 Å². The Kier molecular flexibility index (Phi) is 6.52. The number of pyridine rings is 1. The number of ether oxygens (including phenoxy) is 2. The Bertz CT molecular complexity index is 773. The zero-order valence-corrected chi connectivity index (χ0v) is 16.0. The van der Waals surface area contributed by atoms with Gasteiger partial charge in [-0.05, 0) is 43.0 Å². The number of hydrogen-bond acceptors (Lipinski definition) is 5. The number of para-hydroxylation sites is 1. The van der Waals surface area contributed by atoms with Crippen LogP contribution in [0.15, 0.2) is 36.5 Å². The molecule has 0 bridgehead atoms. The average Bonchev–Trinajstić information content (AvgIpc) is 3.25. The molecule has 0 radical (unpaired) electrons. The first kappa shape index (κ1) is 19.0. The van der Waals surface area contributed by atoms with E-state index in [4.69, 9.17) is 9.47 Å². The Morgan fingerprint density at radius 1 is 1.19 bits per heavy atom. The maximum atomic E-state index is 12.3. The molecular weight excluding hydrogens is 342 g/mol. The van der Waals surface area contributed by atoms with Crippen LogP contribution in [0.2, 0.25) is 0 Å². The SMILES string of the molecule is COc1cccc(CNC(=O)CCc2ccnc(N3CCCC3)c2)c1OC. The first-order valence-electron chi connectivity index (χ1n) is 9.37. The quantitative estimate of drug-likeness (QED) is 0.775. The summed E-state index contributed by atoms with van der Waals surface area (Å²) in [6.45, 7) is 2.55. The van der Waals surface area contributed by atoms with Crippen molar-refractivity contribution in [3.8, 4) is 11.5 Å². The molecule has 6 heteroatoms. The minimum absolute atomic E-state index is 0.0133. The van der Waals surface area contributed by atoms with E-state index in [0.717, 1.165) is 30.0 Å². The van der Waals surface area contributed by atoms with E-state index in [1.54, 1.807) is 14.2 Å². The summed E-state index contributed by atoms with van der Waals surface area (Å²) < 4.78 is 10.7. The molecule has 2 aromatic rings. The maximum Gasteiger partial charge on any atom is 0.220 e. The first-order valence-corrected chi connectivity index (χ1v) is 9.37. The van der Waals surface area contributed by atoms with Crippen molar-refractivity contribution in [1.82, 2.24) is 10.3 Å². The van der Waals surface area contributed by atoms with Crippen molar-refractivity contribution in [1.29, 1.82) is 0 Å². The number of nitrogens with zero attached hydrogens (tertiary/aromatic N) is 2. The molecule has 1 aromatic heterocycles. The third-order valence-corrected chi connectivity index (χ3v) is 4.84. The second-order valence-electron chi connectivity index (χ2n) is 6.65. The minimum Gasteiger partial charge on any atom is -0.493 e. The van der Waals surface area contributed by atoms with Crippen LogP contribution in [0.3, 0.4) is 0 Å². The summed E-state index contributed by atoms with van der Waals surface area (Å²) in [7, 11) is 3.20. The summed E-state index contributed by atoms with van der Waals surface area (Å²) in [4.78, 5) is 19.0. The number of nitrogens with one attached hydrogen (secondary N) is 1. The number of carbonyl (C=O) groups is 1. The van der Waals surface area contributed by atoms with Gasteiger partial charge in [0, 0.05) is 37.8 Å². The summed E-state index contributed by atoms with van der Waals surface area (Å²) in [6, 6.07) is 9.74. The number of anilines is 1. The minimum atomic E-state index is 0.0133. The molecule has 6 nitrogen and oxygen atoms in total. The highest BCUT2D eigenvalue weighted by Crippen LogP contribution is 2.30. The van der Waals surface area contributed by atoms with Crippen molar-refractivity contribution >= 4 is 11.7 Å². The molecule has 0 atom stereocenters. The summed E-state index contributed by atoms with van der Waals surface area (Å²) >= 11 is 0. The smallest absolute Gasteiger partial charge is 0.220 e. The molecule has 27 heavy (non-hydrogen) atoms. The second-order valence-corrected chi connectivity index (χ2v) is 6.65. The summed E-state index contributed by atoms with van der Waals surface area (Å²) in [5.74, 6) is 2.35. The maximum absolute atomic E-state index is 12.3. The molecule has 1 aliphatic heterocycles. The molecule has 1 amide bonds. The third-order valence-electron chi connectivity index (χ3n) is 4.84. The molecule has 1 saturated heterocycles. The zero-order chi connectivity index (χ0) is 19.1. The molecule has 1 fully saturated rings. The van der Waals surface area contributed by atoms with Gasteiger partial charge in [0.15, 0.2) is 11.5 Å². The molecule has 3 rings (SSSR count). The molecule has 1 aliphatic rings. The van der Waals surface area contributed by atoms with Crippen LogP contribution in [0.1, 0.15) is 30.4 Å². The molecule has 0 aliphatic carbocycles. The van der Waals surface area contributed by atoms with Gasteiger partial charge in [0.1, 0.15) is 5.82 Å². The van der Waals surface area contributed by atoms with E-state index in [1.165, 1.54) is 12.8 Å². The summed E-state index contributed by atoms with van der Waals surface area (Å²) in [6.07, 6.45) is 5.42. The number of aryl methyl sites for hydroxylation is 1. The topological polar surface area (TPSA) is 63.7 Å². The number of rotatable bonds is 8. The van der Waals surface area contributed by atoms with Crippen LogP contribution < -0.4 is 19.7 Å². The van der Waals surface area contributed by atoms with E-state index in [2.05, 4.69) is 21.3 Å². The lowest BCUT2D eigenvalue weighted by molar-refractivity contribution is -0.121. The van der Waals surface area contributed by atoms with Gasteiger partial charge in [-0.2, -0.15) is 0 Å². The zero-order valence-electron chi connectivity index (χ0n) is 16.0. The van der Waals surface area contributed by atoms with Gasteiger partial charge in [-0.15, -0.1) is 0 Å². The average molecular weight is 369 g/mol. The highest BCUT2D eigenvalue weighted by molar-refractivity contribution is 5.76. The Morgan fingerprint density at radius 3 is 2.74 bits per heavy atom. The highest BCUT2D eigenvalue weighted by Gasteiger charge is 2.14. The number of aromatic nitrogens is 1. The summed E-state index contributed by atoms with van der Waals surface area (Å²) in [5.41, 5.74) is 2.03. The van der Waals surface area contributed by atoms with E-state index in [9.17, 15) is 4.79 Å². The Hall–Kier alpha value is -2.76. The van der Waals surface area contributed by atoms with Crippen LogP contribution in [0, 0.1) is 0 Å². The van der Waals surface area contributed by atoms with Crippen LogP contribution in [-0.2, 0) is 17.8 Å². The third kappa shape index (κ3) is 4.90. The van der Waals surface area contributed by atoms with Crippen molar-refractivity contribution in [2.24, 2.45) is 0 Å². The van der Waals surface area contributed by atoms with Gasteiger partial charge < -0.3 is 19.7 Å². The number of benzene rings is 1. The monoisotopic (exact) mass is 369 g/mol. The Balaban J connectivity index is 1.52. The fourth-order valence-electron chi connectivity index (χ4n) is 3.37. The van der Waals surface area contributed by atoms with Gasteiger partial charge in [-0.1, -0.05) is 12.1 Å². The van der Waals surface area contributed by atoms with E-state index in [1.807, 2.05) is 30.5 Å². The molecule has 144 valence electrons. The fourth-order valence-corrected chi connectivity index (χ4v) is 3.37. The number of carbonyl (C=O) groups excluding carboxylic acids is 1. The van der Waals surface area contributed by atoms with Crippen molar-refractivity contribution in [3.63, 3.8) is 0 Å². The molecular formula is C21H27N3O3. The normalized spacial score (nSPS) is 13.5. The Labute approximate surface area is 160 Å². The predicted octanol–water partition coefficient (Wildman–Crippen LogP) is 2.95. The molecule has 1 aromatic carbocycles. The number of methoxy groups -OCH3 is 2. The molecule has 1 N–H and O–H groups in total. The van der Waals surface area contributed by atoms with Gasteiger partial charge >= 0.3 is 0 Å². The lowest BCUT2D eigenvalue weighted by Crippen LogP contribution is -2.23. The van der Waals surface area contributed by atoms with Crippen LogP contribution >= 0.6 is 0 Å². The van der Waals surface area contributed by atoms with Crippen molar-refractivity contribution in [3.05, 3.63) is 47.7 Å². The van der Waals surface area contributed by atoms with Gasteiger partial charge in [0.25, 0.3) is 0 Å². The standard InChI is InChI=1S/C21H27N3O3/c1-26-18-7-5-6-17(21(18)27-2)15-23-20(25)9-8-16-10-11-22-19(14-16)24-12-3-4-13-24/h5-7,10-11,14H,3-4,8-9,12-13,15H2,1-2H3,(H,23,25). The van der Waals surface area contributed by atoms with Crippen molar-refractivity contribution in [2.75, 3.05) is 32.2 Å². The molecule has 0 unspecified atom stereocenters. The molecule has 0 saturated carbocycles. The van der Waals surface area contributed by atoms with E-state index < -0.39 is 0 Å². The molecule has 0 spiro atoms. The Morgan fingerprint density at radius 2 is 2.00 bits per heavy atom. The number of amides is 1. The largest absolute Gasteiger partial charge is 0.493 e. The van der Waals surface area contributed by atoms with Crippen LogP contribution in [0.4, 0.5) is 5.82 Å². The number of hydrogen-bond donors (Lipinski definition) is 1. The van der Waals surface area contributed by atoms with Gasteiger partial charge in [0.05, 0.1) is 14.2 Å². The second kappa shape index (κ2) is 9.26. The summed E-state index contributed by atoms with van der Waals surface area (Å²) in [5, 5.41) is 2.96. The van der Waals surface area contributed by atoms with Gasteiger partial charge in [-0.25, -0.2) is 4.98 Å². The van der Waals surface area contributed by atoms with Crippen LogP contribution in [0.5, 0.6) is 11.5 Å². The van der Waals surface area contributed by atoms with Crippen molar-refractivity contribution < 1.29 is 14.3 Å². The van der Waals surface area contributed by atoms with E-state index in [-0.39, 0.29) is 5.91 Å². The first-order chi connectivity index (χ1) is 13.2. The fraction of sp³-hybridized carbons (Fsp3) is 0.429. The lowest BCUT2D eigenvalue weighted by atomic mass is 10.1.